The summed E-state index contributed by atoms with van der Waals surface area (Å²) in [6.07, 6.45) is 5.37. The van der Waals surface area contributed by atoms with Crippen LogP contribution in [-0.2, 0) is 7.05 Å². The molecule has 0 aliphatic carbocycles. The van der Waals surface area contributed by atoms with Crippen LogP contribution in [0.5, 0.6) is 0 Å². The summed E-state index contributed by atoms with van der Waals surface area (Å²) < 4.78 is 1.76. The minimum Gasteiger partial charge on any atom is -0.347 e. The van der Waals surface area contributed by atoms with Crippen molar-refractivity contribution < 1.29 is 9.59 Å². The first-order valence-corrected chi connectivity index (χ1v) is 8.53. The van der Waals surface area contributed by atoms with Gasteiger partial charge in [-0.3, -0.25) is 14.5 Å². The van der Waals surface area contributed by atoms with Gasteiger partial charge in [-0.05, 0) is 43.4 Å². The van der Waals surface area contributed by atoms with E-state index in [0.717, 1.165) is 13.1 Å². The highest BCUT2D eigenvalue weighted by Crippen LogP contribution is 2.18. The Hall–Kier alpha value is -1.72. The lowest BCUT2D eigenvalue weighted by atomic mass is 10.1. The highest BCUT2D eigenvalue weighted by atomic mass is 32.1. The summed E-state index contributed by atoms with van der Waals surface area (Å²) in [4.78, 5) is 27.8. The smallest absolute Gasteiger partial charge is 0.219 e. The maximum atomic E-state index is 12.4. The fourth-order valence-corrected chi connectivity index (χ4v) is 3.56. The predicted molar refractivity (Wildman–Crippen MR) is 87.8 cm³/mol. The van der Waals surface area contributed by atoms with E-state index in [9.17, 15) is 9.59 Å². The van der Waals surface area contributed by atoms with E-state index < -0.39 is 0 Å². The van der Waals surface area contributed by atoms with Crippen molar-refractivity contribution in [1.82, 2.24) is 9.47 Å². The lowest BCUT2D eigenvalue weighted by Crippen LogP contribution is -2.34. The summed E-state index contributed by atoms with van der Waals surface area (Å²) >= 11 is 1.42. The fraction of sp³-hybridized carbons (Fsp3) is 0.412. The van der Waals surface area contributed by atoms with E-state index in [0.29, 0.717) is 22.7 Å². The number of hydrogen-bond acceptors (Lipinski definition) is 4. The lowest BCUT2D eigenvalue weighted by molar-refractivity contribution is 0.0915. The van der Waals surface area contributed by atoms with Crippen LogP contribution in [0, 0.1) is 0 Å². The number of Topliss-reactive ketones (excluding diaryl/α,β-unsaturated/α-hetero) is 1. The SMILES string of the molecule is Cn1cc(C(=O)CN2CCCCC2)cc1C(=O)c1cccs1. The molecule has 2 aromatic rings. The molecule has 3 heterocycles. The van der Waals surface area contributed by atoms with E-state index in [1.807, 2.05) is 24.6 Å². The van der Waals surface area contributed by atoms with E-state index in [4.69, 9.17) is 0 Å². The Kier molecular flexibility index (Phi) is 4.55. The van der Waals surface area contributed by atoms with Crippen molar-refractivity contribution in [2.45, 2.75) is 19.3 Å². The molecule has 1 saturated heterocycles. The van der Waals surface area contributed by atoms with E-state index >= 15 is 0 Å². The molecule has 0 radical (unpaired) electrons. The van der Waals surface area contributed by atoms with Crippen LogP contribution in [-0.4, -0.2) is 40.7 Å². The van der Waals surface area contributed by atoms with Crippen LogP contribution < -0.4 is 0 Å². The third-order valence-corrected chi connectivity index (χ3v) is 4.99. The second-order valence-corrected chi connectivity index (χ2v) is 6.74. The van der Waals surface area contributed by atoms with Crippen molar-refractivity contribution in [2.24, 2.45) is 7.05 Å². The van der Waals surface area contributed by atoms with Gasteiger partial charge in [-0.15, -0.1) is 11.3 Å². The van der Waals surface area contributed by atoms with Gasteiger partial charge in [-0.25, -0.2) is 0 Å². The van der Waals surface area contributed by atoms with Crippen molar-refractivity contribution in [3.63, 3.8) is 0 Å². The molecule has 0 N–H and O–H groups in total. The van der Waals surface area contributed by atoms with Gasteiger partial charge in [0, 0.05) is 18.8 Å². The molecule has 0 aromatic carbocycles. The first-order valence-electron chi connectivity index (χ1n) is 7.65. The summed E-state index contributed by atoms with van der Waals surface area (Å²) in [6.45, 7) is 2.45. The predicted octanol–water partition coefficient (Wildman–Crippen LogP) is 2.99. The van der Waals surface area contributed by atoms with Crippen LogP contribution in [0.2, 0.25) is 0 Å². The molecule has 0 atom stereocenters. The number of nitrogens with zero attached hydrogens (tertiary/aromatic N) is 2. The minimum atomic E-state index is -0.0190. The first-order chi connectivity index (χ1) is 10.6. The highest BCUT2D eigenvalue weighted by molar-refractivity contribution is 7.12. The van der Waals surface area contributed by atoms with E-state index in [2.05, 4.69) is 4.90 Å². The molecule has 3 rings (SSSR count). The normalized spacial score (nSPS) is 15.9. The zero-order chi connectivity index (χ0) is 15.5. The third-order valence-electron chi connectivity index (χ3n) is 4.12. The highest BCUT2D eigenvalue weighted by Gasteiger charge is 2.20. The fourth-order valence-electron chi connectivity index (χ4n) is 2.89. The third kappa shape index (κ3) is 3.20. The van der Waals surface area contributed by atoms with Crippen LogP contribution in [0.3, 0.4) is 0 Å². The number of aromatic nitrogens is 1. The van der Waals surface area contributed by atoms with Crippen LogP contribution in [0.25, 0.3) is 0 Å². The van der Waals surface area contributed by atoms with Gasteiger partial charge in [-0.2, -0.15) is 0 Å². The topological polar surface area (TPSA) is 42.3 Å². The summed E-state index contributed by atoms with van der Waals surface area (Å²) in [5.41, 5.74) is 1.21. The number of carbonyl (C=O) groups is 2. The Labute approximate surface area is 134 Å². The number of carbonyl (C=O) groups excluding carboxylic acids is 2. The second kappa shape index (κ2) is 6.58. The number of hydrogen-bond donors (Lipinski definition) is 0. The zero-order valence-electron chi connectivity index (χ0n) is 12.7. The van der Waals surface area contributed by atoms with E-state index in [-0.39, 0.29) is 11.6 Å². The molecule has 5 heteroatoms. The minimum absolute atomic E-state index is 0.0190. The Morgan fingerprint density at radius 2 is 2.00 bits per heavy atom. The molecule has 0 unspecified atom stereocenters. The van der Waals surface area contributed by atoms with Crippen molar-refractivity contribution in [3.05, 3.63) is 45.9 Å². The second-order valence-electron chi connectivity index (χ2n) is 5.79. The Morgan fingerprint density at radius 3 is 2.68 bits per heavy atom. The number of aryl methyl sites for hydroxylation is 1. The summed E-state index contributed by atoms with van der Waals surface area (Å²) in [5.74, 6) is 0.0808. The maximum Gasteiger partial charge on any atom is 0.219 e. The van der Waals surface area contributed by atoms with Gasteiger partial charge < -0.3 is 4.57 Å². The number of piperidine rings is 1. The average molecular weight is 316 g/mol. The standard InChI is InChI=1S/C17H20N2O2S/c1-18-11-13(15(20)12-19-7-3-2-4-8-19)10-14(18)17(21)16-6-5-9-22-16/h5-6,9-11H,2-4,7-8,12H2,1H3. The number of ketones is 2. The molecular formula is C17H20N2O2S. The molecule has 2 aromatic heterocycles. The van der Waals surface area contributed by atoms with E-state index in [1.54, 1.807) is 16.8 Å². The van der Waals surface area contributed by atoms with Crippen LogP contribution in [0.15, 0.2) is 29.8 Å². The Bertz CT molecular complexity index is 667. The van der Waals surface area contributed by atoms with Gasteiger partial charge >= 0.3 is 0 Å². The molecule has 22 heavy (non-hydrogen) atoms. The molecule has 1 fully saturated rings. The van der Waals surface area contributed by atoms with Gasteiger partial charge in [0.25, 0.3) is 0 Å². The van der Waals surface area contributed by atoms with Crippen LogP contribution in [0.1, 0.15) is 45.0 Å². The molecule has 0 saturated carbocycles. The van der Waals surface area contributed by atoms with Gasteiger partial charge in [-0.1, -0.05) is 12.5 Å². The van der Waals surface area contributed by atoms with Crippen LogP contribution >= 0.6 is 11.3 Å². The quantitative estimate of drug-likeness (QED) is 0.796. The molecule has 0 bridgehead atoms. The van der Waals surface area contributed by atoms with Crippen molar-refractivity contribution >= 4 is 22.9 Å². The Morgan fingerprint density at radius 1 is 1.23 bits per heavy atom. The number of rotatable bonds is 5. The largest absolute Gasteiger partial charge is 0.347 e. The van der Waals surface area contributed by atoms with Gasteiger partial charge in [0.05, 0.1) is 17.1 Å². The van der Waals surface area contributed by atoms with Crippen molar-refractivity contribution in [3.8, 4) is 0 Å². The zero-order valence-corrected chi connectivity index (χ0v) is 13.6. The monoisotopic (exact) mass is 316 g/mol. The van der Waals surface area contributed by atoms with Crippen LogP contribution in [0.4, 0.5) is 0 Å². The summed E-state index contributed by atoms with van der Waals surface area (Å²) in [6, 6.07) is 5.41. The maximum absolute atomic E-state index is 12.4. The number of thiophene rings is 1. The summed E-state index contributed by atoms with van der Waals surface area (Å²) in [5, 5.41) is 1.89. The molecular weight excluding hydrogens is 296 g/mol. The first kappa shape index (κ1) is 15.2. The lowest BCUT2D eigenvalue weighted by Gasteiger charge is -2.25. The Balaban J connectivity index is 1.74. The molecule has 1 aliphatic heterocycles. The molecule has 0 amide bonds. The van der Waals surface area contributed by atoms with Gasteiger partial charge in [0.1, 0.15) is 0 Å². The van der Waals surface area contributed by atoms with Crippen molar-refractivity contribution in [1.29, 1.82) is 0 Å². The van der Waals surface area contributed by atoms with Gasteiger partial charge in [0.15, 0.2) is 5.78 Å². The summed E-state index contributed by atoms with van der Waals surface area (Å²) in [7, 11) is 1.82. The molecule has 0 spiro atoms. The molecule has 4 nitrogen and oxygen atoms in total. The van der Waals surface area contributed by atoms with E-state index in [1.165, 1.54) is 30.6 Å². The molecule has 116 valence electrons. The average Bonchev–Trinajstić information content (AvgIpc) is 3.17. The number of likely N-dealkylation sites (tertiary alicyclic amines) is 1. The van der Waals surface area contributed by atoms with Crippen molar-refractivity contribution in [2.75, 3.05) is 19.6 Å². The molecule has 1 aliphatic rings. The van der Waals surface area contributed by atoms with Gasteiger partial charge in [0.2, 0.25) is 5.78 Å².